The fourth-order valence-corrected chi connectivity index (χ4v) is 3.35. The first-order valence-corrected chi connectivity index (χ1v) is 7.71. The lowest BCUT2D eigenvalue weighted by Crippen LogP contribution is -2.13. The Balaban J connectivity index is 1.80. The lowest BCUT2D eigenvalue weighted by molar-refractivity contribution is 0.102. The van der Waals surface area contributed by atoms with E-state index in [1.807, 2.05) is 36.9 Å². The van der Waals surface area contributed by atoms with Crippen molar-refractivity contribution in [3.63, 3.8) is 0 Å². The number of nitrogens with one attached hydrogen (secondary N) is 1. The molecule has 2 aromatic rings. The van der Waals surface area contributed by atoms with Gasteiger partial charge in [-0.3, -0.25) is 9.78 Å². The summed E-state index contributed by atoms with van der Waals surface area (Å²) < 4.78 is 0. The van der Waals surface area contributed by atoms with Crippen LogP contribution in [0.15, 0.2) is 41.4 Å². The van der Waals surface area contributed by atoms with Crippen molar-refractivity contribution in [2.24, 2.45) is 0 Å². The van der Waals surface area contributed by atoms with Crippen LogP contribution in [-0.2, 0) is 6.42 Å². The van der Waals surface area contributed by atoms with E-state index in [-0.39, 0.29) is 5.91 Å². The number of thioether (sulfide) groups is 1. The second-order valence-electron chi connectivity index (χ2n) is 4.91. The van der Waals surface area contributed by atoms with Crippen LogP contribution in [-0.4, -0.2) is 16.6 Å². The number of aryl methyl sites for hydroxylation is 2. The summed E-state index contributed by atoms with van der Waals surface area (Å²) >= 11 is 1.88. The average Bonchev–Trinajstić information content (AvgIpc) is 2.47. The number of anilines is 1. The number of fused-ring (bicyclic) bond motifs is 1. The second-order valence-corrected chi connectivity index (χ2v) is 6.05. The highest BCUT2D eigenvalue weighted by Crippen LogP contribution is 2.30. The minimum atomic E-state index is -0.0611. The highest BCUT2D eigenvalue weighted by Gasteiger charge is 2.13. The molecular formula is C16H16N2OS. The van der Waals surface area contributed by atoms with Gasteiger partial charge >= 0.3 is 0 Å². The molecule has 0 atom stereocenters. The van der Waals surface area contributed by atoms with Gasteiger partial charge in [-0.15, -0.1) is 11.8 Å². The highest BCUT2D eigenvalue weighted by atomic mass is 32.2. The number of aromatic nitrogens is 1. The summed E-state index contributed by atoms with van der Waals surface area (Å²) in [6, 6.07) is 9.66. The second kappa shape index (κ2) is 5.67. The van der Waals surface area contributed by atoms with E-state index < -0.39 is 0 Å². The number of hydrogen-bond acceptors (Lipinski definition) is 3. The molecule has 0 unspecified atom stereocenters. The van der Waals surface area contributed by atoms with E-state index in [0.29, 0.717) is 0 Å². The molecule has 1 aromatic heterocycles. The predicted octanol–water partition coefficient (Wildman–Crippen LogP) is 3.68. The van der Waals surface area contributed by atoms with Gasteiger partial charge in [-0.2, -0.15) is 0 Å². The van der Waals surface area contributed by atoms with Crippen molar-refractivity contribution in [2.45, 2.75) is 24.7 Å². The molecule has 1 amide bonds. The van der Waals surface area contributed by atoms with Crippen LogP contribution >= 0.6 is 11.8 Å². The van der Waals surface area contributed by atoms with E-state index in [0.717, 1.165) is 23.4 Å². The zero-order valence-corrected chi connectivity index (χ0v) is 12.2. The fraction of sp³-hybridized carbons (Fsp3) is 0.250. The van der Waals surface area contributed by atoms with Crippen molar-refractivity contribution < 1.29 is 4.79 Å². The van der Waals surface area contributed by atoms with Gasteiger partial charge in [-0.25, -0.2) is 0 Å². The smallest absolute Gasteiger partial charge is 0.255 e. The number of benzene rings is 1. The van der Waals surface area contributed by atoms with Gasteiger partial charge < -0.3 is 5.32 Å². The highest BCUT2D eigenvalue weighted by molar-refractivity contribution is 7.99. The molecule has 4 heteroatoms. The van der Waals surface area contributed by atoms with Gasteiger partial charge in [0.25, 0.3) is 5.91 Å². The molecule has 1 aromatic carbocycles. The lowest BCUT2D eigenvalue weighted by atomic mass is 10.1. The Morgan fingerprint density at radius 3 is 3.05 bits per heavy atom. The van der Waals surface area contributed by atoms with Gasteiger partial charge in [-0.1, -0.05) is 0 Å². The number of amides is 1. The van der Waals surface area contributed by atoms with Crippen LogP contribution in [0.2, 0.25) is 0 Å². The van der Waals surface area contributed by atoms with Crippen molar-refractivity contribution in [3.8, 4) is 0 Å². The summed E-state index contributed by atoms with van der Waals surface area (Å²) in [6.45, 7) is 1.91. The van der Waals surface area contributed by atoms with Crippen LogP contribution in [0.3, 0.4) is 0 Å². The van der Waals surface area contributed by atoms with Gasteiger partial charge in [0.1, 0.15) is 0 Å². The summed E-state index contributed by atoms with van der Waals surface area (Å²) in [6.07, 6.45) is 3.96. The normalized spacial score (nSPS) is 13.7. The van der Waals surface area contributed by atoms with E-state index in [4.69, 9.17) is 0 Å². The molecule has 3 nitrogen and oxygen atoms in total. The van der Waals surface area contributed by atoms with E-state index >= 15 is 0 Å². The molecule has 3 rings (SSSR count). The first-order chi connectivity index (χ1) is 9.72. The molecule has 1 aliphatic heterocycles. The summed E-state index contributed by atoms with van der Waals surface area (Å²) in [7, 11) is 0. The lowest BCUT2D eigenvalue weighted by Gasteiger charge is -2.16. The number of carbonyl (C=O) groups excluding carboxylic acids is 1. The molecular weight excluding hydrogens is 268 g/mol. The Hall–Kier alpha value is -1.81. The van der Waals surface area contributed by atoms with Crippen molar-refractivity contribution in [1.29, 1.82) is 0 Å². The standard InChI is InChI=1S/C16H16N2OS/c1-11-9-14(6-7-17-11)18-16(19)13-4-5-15-12(10-13)3-2-8-20-15/h4-7,9-10H,2-3,8H2,1H3,(H,17,18,19). The Bertz CT molecular complexity index is 655. The third kappa shape index (κ3) is 2.85. The van der Waals surface area contributed by atoms with Gasteiger partial charge in [0, 0.05) is 28.0 Å². The van der Waals surface area contributed by atoms with Gasteiger partial charge in [0.15, 0.2) is 0 Å². The van der Waals surface area contributed by atoms with E-state index in [1.165, 1.54) is 22.6 Å². The largest absolute Gasteiger partial charge is 0.322 e. The van der Waals surface area contributed by atoms with Crippen LogP contribution < -0.4 is 5.32 Å². The SMILES string of the molecule is Cc1cc(NC(=O)c2ccc3c(c2)CCCS3)ccn1. The maximum Gasteiger partial charge on any atom is 0.255 e. The zero-order chi connectivity index (χ0) is 13.9. The predicted molar refractivity (Wildman–Crippen MR) is 82.4 cm³/mol. The first-order valence-electron chi connectivity index (χ1n) is 6.72. The summed E-state index contributed by atoms with van der Waals surface area (Å²) in [4.78, 5) is 17.7. The Kier molecular flexibility index (Phi) is 3.74. The molecule has 0 spiro atoms. The Labute approximate surface area is 122 Å². The molecule has 20 heavy (non-hydrogen) atoms. The monoisotopic (exact) mass is 284 g/mol. The van der Waals surface area contributed by atoms with Crippen LogP contribution in [0.5, 0.6) is 0 Å². The van der Waals surface area contributed by atoms with Crippen LogP contribution in [0.4, 0.5) is 5.69 Å². The molecule has 0 radical (unpaired) electrons. The minimum absolute atomic E-state index is 0.0611. The van der Waals surface area contributed by atoms with E-state index in [9.17, 15) is 4.79 Å². The van der Waals surface area contributed by atoms with Gasteiger partial charge in [-0.05, 0) is 61.4 Å². The number of pyridine rings is 1. The molecule has 0 saturated carbocycles. The molecule has 2 heterocycles. The van der Waals surface area contributed by atoms with Gasteiger partial charge in [0.2, 0.25) is 0 Å². The first kappa shape index (κ1) is 13.2. The van der Waals surface area contributed by atoms with E-state index in [2.05, 4.69) is 16.4 Å². The topological polar surface area (TPSA) is 42.0 Å². The molecule has 0 bridgehead atoms. The third-order valence-corrected chi connectivity index (χ3v) is 4.53. The van der Waals surface area contributed by atoms with Crippen LogP contribution in [0.25, 0.3) is 0 Å². The Morgan fingerprint density at radius 1 is 1.30 bits per heavy atom. The average molecular weight is 284 g/mol. The zero-order valence-electron chi connectivity index (χ0n) is 11.3. The van der Waals surface area contributed by atoms with Crippen molar-refractivity contribution in [3.05, 3.63) is 53.3 Å². The molecule has 1 aliphatic rings. The summed E-state index contributed by atoms with van der Waals surface area (Å²) in [5.41, 5.74) is 3.69. The quantitative estimate of drug-likeness (QED) is 0.914. The Morgan fingerprint density at radius 2 is 2.20 bits per heavy atom. The van der Waals surface area contributed by atoms with Gasteiger partial charge in [0.05, 0.1) is 0 Å². The minimum Gasteiger partial charge on any atom is -0.322 e. The number of carbonyl (C=O) groups is 1. The summed E-state index contributed by atoms with van der Waals surface area (Å²) in [5.74, 6) is 1.11. The molecule has 0 fully saturated rings. The maximum absolute atomic E-state index is 12.3. The molecule has 1 N–H and O–H groups in total. The number of rotatable bonds is 2. The molecule has 102 valence electrons. The van der Waals surface area contributed by atoms with Crippen molar-refractivity contribution in [1.82, 2.24) is 4.98 Å². The molecule has 0 aliphatic carbocycles. The van der Waals surface area contributed by atoms with Crippen LogP contribution in [0, 0.1) is 6.92 Å². The fourth-order valence-electron chi connectivity index (χ4n) is 2.33. The summed E-state index contributed by atoms with van der Waals surface area (Å²) in [5, 5.41) is 2.92. The number of hydrogen-bond donors (Lipinski definition) is 1. The number of nitrogens with zero attached hydrogens (tertiary/aromatic N) is 1. The van der Waals surface area contributed by atoms with Crippen LogP contribution in [0.1, 0.15) is 28.0 Å². The van der Waals surface area contributed by atoms with Crippen molar-refractivity contribution in [2.75, 3.05) is 11.1 Å². The third-order valence-electron chi connectivity index (χ3n) is 3.33. The van der Waals surface area contributed by atoms with Crippen molar-refractivity contribution >= 4 is 23.4 Å². The molecule has 0 saturated heterocycles. The maximum atomic E-state index is 12.3. The van der Waals surface area contributed by atoms with E-state index in [1.54, 1.807) is 12.3 Å².